The number of carboxylic acid groups (broad SMARTS) is 1. The average Bonchev–Trinajstić information content (AvgIpc) is 2.28. The second-order valence-electron chi connectivity index (χ2n) is 3.79. The summed E-state index contributed by atoms with van der Waals surface area (Å²) in [6.07, 6.45) is 0. The van der Waals surface area contributed by atoms with E-state index >= 15 is 0 Å². The molecule has 6 heteroatoms. The van der Waals surface area contributed by atoms with Gasteiger partial charge in [0.25, 0.3) is 0 Å². The number of anilines is 1. The van der Waals surface area contributed by atoms with Crippen LogP contribution >= 0.6 is 0 Å². The Morgan fingerprint density at radius 2 is 2.18 bits per heavy atom. The predicted octanol–water partition coefficient (Wildman–Crippen LogP) is 0.215. The van der Waals surface area contributed by atoms with Gasteiger partial charge in [-0.1, -0.05) is 12.1 Å². The fourth-order valence-corrected chi connectivity index (χ4v) is 1.78. The third-order valence-corrected chi connectivity index (χ3v) is 2.56. The molecule has 90 valence electrons. The summed E-state index contributed by atoms with van der Waals surface area (Å²) in [6, 6.07) is 4.97. The number of amides is 1. The van der Waals surface area contributed by atoms with E-state index in [9.17, 15) is 14.0 Å². The summed E-state index contributed by atoms with van der Waals surface area (Å²) in [4.78, 5) is 23.6. The van der Waals surface area contributed by atoms with Crippen LogP contribution < -0.4 is 10.2 Å². The molecular weight excluding hydrogens is 227 g/mol. The maximum absolute atomic E-state index is 13.5. The highest BCUT2D eigenvalue weighted by Crippen LogP contribution is 2.20. The topological polar surface area (TPSA) is 69.6 Å². The van der Waals surface area contributed by atoms with Crippen LogP contribution in [0.15, 0.2) is 24.3 Å². The standard InChI is InChI=1S/C11H11FN2O3/c12-7-3-1-2-4-9(7)14-5-8(11(16)17)13-10(15)6-14/h1-4,8H,5-6H2,(H,13,15)(H,16,17). The predicted molar refractivity (Wildman–Crippen MR) is 58.2 cm³/mol. The molecule has 0 aromatic heterocycles. The van der Waals surface area contributed by atoms with Gasteiger partial charge in [-0.3, -0.25) is 4.79 Å². The normalized spacial score (nSPS) is 19.9. The smallest absolute Gasteiger partial charge is 0.328 e. The number of carbonyl (C=O) groups excluding carboxylic acids is 1. The van der Waals surface area contributed by atoms with Gasteiger partial charge in [-0.15, -0.1) is 0 Å². The minimum atomic E-state index is -1.13. The molecule has 2 N–H and O–H groups in total. The van der Waals surface area contributed by atoms with Gasteiger partial charge in [0.05, 0.1) is 12.2 Å². The summed E-state index contributed by atoms with van der Waals surface area (Å²) in [5.41, 5.74) is 0.244. The molecular formula is C11H11FN2O3. The van der Waals surface area contributed by atoms with Crippen molar-refractivity contribution in [3.05, 3.63) is 30.1 Å². The van der Waals surface area contributed by atoms with E-state index in [0.29, 0.717) is 0 Å². The van der Waals surface area contributed by atoms with Crippen LogP contribution in [0.5, 0.6) is 0 Å². The van der Waals surface area contributed by atoms with Gasteiger partial charge in [0, 0.05) is 6.54 Å². The molecule has 1 saturated heterocycles. The molecule has 1 amide bonds. The van der Waals surface area contributed by atoms with Crippen molar-refractivity contribution in [2.45, 2.75) is 6.04 Å². The van der Waals surface area contributed by atoms with E-state index in [0.717, 1.165) is 0 Å². The monoisotopic (exact) mass is 238 g/mol. The number of rotatable bonds is 2. The molecule has 2 rings (SSSR count). The lowest BCUT2D eigenvalue weighted by molar-refractivity contribution is -0.142. The van der Waals surface area contributed by atoms with Crippen LogP contribution in [0.2, 0.25) is 0 Å². The highest BCUT2D eigenvalue weighted by molar-refractivity contribution is 5.89. The van der Waals surface area contributed by atoms with E-state index in [1.807, 2.05) is 0 Å². The van der Waals surface area contributed by atoms with Crippen LogP contribution in [0.3, 0.4) is 0 Å². The largest absolute Gasteiger partial charge is 0.480 e. The molecule has 1 atom stereocenters. The van der Waals surface area contributed by atoms with Gasteiger partial charge in [0.2, 0.25) is 5.91 Å². The number of nitrogens with one attached hydrogen (secondary N) is 1. The van der Waals surface area contributed by atoms with Gasteiger partial charge < -0.3 is 15.3 Å². The van der Waals surface area contributed by atoms with Crippen molar-refractivity contribution in [3.63, 3.8) is 0 Å². The van der Waals surface area contributed by atoms with Crippen LogP contribution in [0.25, 0.3) is 0 Å². The number of carboxylic acids is 1. The van der Waals surface area contributed by atoms with E-state index in [2.05, 4.69) is 5.32 Å². The van der Waals surface area contributed by atoms with Crippen molar-refractivity contribution in [1.29, 1.82) is 0 Å². The Hall–Kier alpha value is -2.11. The maximum atomic E-state index is 13.5. The van der Waals surface area contributed by atoms with Crippen LogP contribution in [0, 0.1) is 5.82 Å². The third kappa shape index (κ3) is 2.35. The molecule has 0 bridgehead atoms. The molecule has 5 nitrogen and oxygen atoms in total. The molecule has 0 radical (unpaired) electrons. The zero-order chi connectivity index (χ0) is 12.4. The minimum absolute atomic E-state index is 0.0370. The van der Waals surface area contributed by atoms with Crippen molar-refractivity contribution < 1.29 is 19.1 Å². The first kappa shape index (κ1) is 11.4. The molecule has 1 heterocycles. The summed E-state index contributed by atoms with van der Waals surface area (Å²) in [5.74, 6) is -2.02. The lowest BCUT2D eigenvalue weighted by Crippen LogP contribution is -2.57. The number of carbonyl (C=O) groups is 2. The summed E-state index contributed by atoms with van der Waals surface area (Å²) in [5, 5.41) is 11.2. The summed E-state index contributed by atoms with van der Waals surface area (Å²) >= 11 is 0. The van der Waals surface area contributed by atoms with Gasteiger partial charge in [0.1, 0.15) is 11.9 Å². The first-order valence-corrected chi connectivity index (χ1v) is 5.09. The van der Waals surface area contributed by atoms with E-state index < -0.39 is 23.7 Å². The fraction of sp³-hybridized carbons (Fsp3) is 0.273. The SMILES string of the molecule is O=C1CN(c2ccccc2F)CC(C(=O)O)N1. The molecule has 0 saturated carbocycles. The first-order chi connectivity index (χ1) is 8.08. The number of aliphatic carboxylic acids is 1. The van der Waals surface area contributed by atoms with Crippen molar-refractivity contribution >= 4 is 17.6 Å². The number of halogens is 1. The molecule has 1 aliphatic rings. The number of hydrogen-bond acceptors (Lipinski definition) is 3. The molecule has 1 aliphatic heterocycles. The van der Waals surface area contributed by atoms with Crippen LogP contribution in [-0.2, 0) is 9.59 Å². The van der Waals surface area contributed by atoms with Gasteiger partial charge in [-0.25, -0.2) is 9.18 Å². The number of benzene rings is 1. The van der Waals surface area contributed by atoms with Crippen molar-refractivity contribution in [2.75, 3.05) is 18.0 Å². The lowest BCUT2D eigenvalue weighted by Gasteiger charge is -2.32. The average molecular weight is 238 g/mol. The minimum Gasteiger partial charge on any atom is -0.480 e. The van der Waals surface area contributed by atoms with Crippen LogP contribution in [-0.4, -0.2) is 36.1 Å². The Morgan fingerprint density at radius 3 is 2.82 bits per heavy atom. The van der Waals surface area contributed by atoms with Crippen LogP contribution in [0.4, 0.5) is 10.1 Å². The number of hydrogen-bond donors (Lipinski definition) is 2. The Bertz CT molecular complexity index is 464. The van der Waals surface area contributed by atoms with E-state index in [1.54, 1.807) is 6.07 Å². The molecule has 0 aliphatic carbocycles. The Labute approximate surface area is 96.8 Å². The number of para-hydroxylation sites is 1. The molecule has 1 unspecified atom stereocenters. The molecule has 1 aromatic rings. The van der Waals surface area contributed by atoms with E-state index in [4.69, 9.17) is 5.11 Å². The van der Waals surface area contributed by atoms with Gasteiger partial charge in [-0.2, -0.15) is 0 Å². The lowest BCUT2D eigenvalue weighted by atomic mass is 10.1. The Kier molecular flexibility index (Phi) is 2.95. The second-order valence-corrected chi connectivity index (χ2v) is 3.79. The molecule has 1 aromatic carbocycles. The maximum Gasteiger partial charge on any atom is 0.328 e. The van der Waals surface area contributed by atoms with Crippen molar-refractivity contribution in [1.82, 2.24) is 5.32 Å². The second kappa shape index (κ2) is 4.40. The van der Waals surface area contributed by atoms with Crippen molar-refractivity contribution in [2.24, 2.45) is 0 Å². The third-order valence-electron chi connectivity index (χ3n) is 2.56. The molecule has 1 fully saturated rings. The van der Waals surface area contributed by atoms with E-state index in [1.165, 1.54) is 23.1 Å². The zero-order valence-corrected chi connectivity index (χ0v) is 8.89. The Balaban J connectivity index is 2.24. The highest BCUT2D eigenvalue weighted by atomic mass is 19.1. The van der Waals surface area contributed by atoms with Gasteiger partial charge in [-0.05, 0) is 12.1 Å². The summed E-state index contributed by atoms with van der Waals surface area (Å²) < 4.78 is 13.5. The molecule has 0 spiro atoms. The van der Waals surface area contributed by atoms with Crippen LogP contribution in [0.1, 0.15) is 0 Å². The van der Waals surface area contributed by atoms with Gasteiger partial charge in [0.15, 0.2) is 0 Å². The highest BCUT2D eigenvalue weighted by Gasteiger charge is 2.30. The van der Waals surface area contributed by atoms with Crippen molar-refractivity contribution in [3.8, 4) is 0 Å². The number of piperazine rings is 1. The van der Waals surface area contributed by atoms with E-state index in [-0.39, 0.29) is 18.8 Å². The summed E-state index contributed by atoms with van der Waals surface area (Å²) in [7, 11) is 0. The summed E-state index contributed by atoms with van der Waals surface area (Å²) in [6.45, 7) is 0.0206. The fourth-order valence-electron chi connectivity index (χ4n) is 1.78. The first-order valence-electron chi connectivity index (χ1n) is 5.09. The molecule has 17 heavy (non-hydrogen) atoms. The Morgan fingerprint density at radius 1 is 1.47 bits per heavy atom. The van der Waals surface area contributed by atoms with Gasteiger partial charge >= 0.3 is 5.97 Å². The zero-order valence-electron chi connectivity index (χ0n) is 8.89. The quantitative estimate of drug-likeness (QED) is 0.773. The number of nitrogens with zero attached hydrogens (tertiary/aromatic N) is 1.